The van der Waals surface area contributed by atoms with Crippen LogP contribution in [0.2, 0.25) is 0 Å². The van der Waals surface area contributed by atoms with E-state index in [1.54, 1.807) is 0 Å². The van der Waals surface area contributed by atoms with Gasteiger partial charge in [-0.15, -0.1) is 6.42 Å². The average Bonchev–Trinajstić information content (AvgIpc) is 2.28. The Morgan fingerprint density at radius 1 is 1.45 bits per heavy atom. The van der Waals surface area contributed by atoms with E-state index < -0.39 is 0 Å². The van der Waals surface area contributed by atoms with Gasteiger partial charge in [0.25, 0.3) is 0 Å². The molecule has 0 aliphatic carbocycles. The monoisotopic (exact) mass is 151 g/mol. The summed E-state index contributed by atoms with van der Waals surface area (Å²) in [4.78, 5) is 4.26. The van der Waals surface area contributed by atoms with Crippen LogP contribution in [-0.2, 0) is 4.74 Å². The van der Waals surface area contributed by atoms with Crippen molar-refractivity contribution >= 4 is 5.90 Å². The highest BCUT2D eigenvalue weighted by molar-refractivity contribution is 5.76. The molecule has 0 saturated carbocycles. The van der Waals surface area contributed by atoms with Crippen molar-refractivity contribution in [3.8, 4) is 12.3 Å². The van der Waals surface area contributed by atoms with Gasteiger partial charge in [0.05, 0.1) is 0 Å². The number of hydrogen-bond acceptors (Lipinski definition) is 2. The Balaban J connectivity index is 2.30. The first-order chi connectivity index (χ1) is 5.43. The molecule has 0 aromatic heterocycles. The molecule has 60 valence electrons. The van der Waals surface area contributed by atoms with Crippen molar-refractivity contribution in [1.29, 1.82) is 0 Å². The Kier molecular flexibility index (Phi) is 3.54. The molecule has 0 amide bonds. The van der Waals surface area contributed by atoms with Crippen molar-refractivity contribution < 1.29 is 4.74 Å². The zero-order chi connectivity index (χ0) is 7.94. The van der Waals surface area contributed by atoms with Gasteiger partial charge in [0.2, 0.25) is 0 Å². The molecule has 1 aliphatic heterocycles. The van der Waals surface area contributed by atoms with Crippen LogP contribution in [0.4, 0.5) is 0 Å². The standard InChI is InChI=1S/C9H13NO/c1-2-8-11-9-6-4-3-5-7-10-9/h1H,3-8H2. The lowest BCUT2D eigenvalue weighted by Crippen LogP contribution is -2.04. The lowest BCUT2D eigenvalue weighted by Gasteiger charge is -2.02. The molecule has 0 unspecified atom stereocenters. The minimum Gasteiger partial charge on any atom is -0.468 e. The summed E-state index contributed by atoms with van der Waals surface area (Å²) >= 11 is 0. The predicted octanol–water partition coefficient (Wildman–Crippen LogP) is 1.61. The van der Waals surface area contributed by atoms with Crippen LogP contribution < -0.4 is 0 Å². The Morgan fingerprint density at radius 2 is 2.36 bits per heavy atom. The fourth-order valence-electron chi connectivity index (χ4n) is 1.09. The second-order valence-electron chi connectivity index (χ2n) is 2.58. The second-order valence-corrected chi connectivity index (χ2v) is 2.58. The highest BCUT2D eigenvalue weighted by Crippen LogP contribution is 2.07. The van der Waals surface area contributed by atoms with Gasteiger partial charge in [-0.05, 0) is 12.8 Å². The number of nitrogens with zero attached hydrogens (tertiary/aromatic N) is 1. The van der Waals surface area contributed by atoms with E-state index >= 15 is 0 Å². The van der Waals surface area contributed by atoms with Crippen LogP contribution in [0, 0.1) is 12.3 Å². The van der Waals surface area contributed by atoms with Crippen molar-refractivity contribution in [1.82, 2.24) is 0 Å². The third kappa shape index (κ3) is 3.08. The molecule has 0 fully saturated rings. The van der Waals surface area contributed by atoms with Crippen molar-refractivity contribution in [2.75, 3.05) is 13.2 Å². The third-order valence-corrected chi connectivity index (χ3v) is 1.66. The topological polar surface area (TPSA) is 21.6 Å². The summed E-state index contributed by atoms with van der Waals surface area (Å²) in [6.07, 6.45) is 9.64. The molecular formula is C9H13NO. The number of ether oxygens (including phenoxy) is 1. The SMILES string of the molecule is C#CCOC1=NCCCCC1. The van der Waals surface area contributed by atoms with Crippen LogP contribution in [0.15, 0.2) is 4.99 Å². The maximum absolute atomic E-state index is 5.23. The molecule has 2 heteroatoms. The summed E-state index contributed by atoms with van der Waals surface area (Å²) < 4.78 is 5.23. The smallest absolute Gasteiger partial charge is 0.184 e. The molecule has 1 heterocycles. The van der Waals surface area contributed by atoms with Crippen molar-refractivity contribution in [2.24, 2.45) is 4.99 Å². The lowest BCUT2D eigenvalue weighted by atomic mass is 10.2. The lowest BCUT2D eigenvalue weighted by molar-refractivity contribution is 0.345. The van der Waals surface area contributed by atoms with Gasteiger partial charge in [0.15, 0.2) is 5.90 Å². The molecule has 0 aromatic rings. The van der Waals surface area contributed by atoms with Gasteiger partial charge in [-0.3, -0.25) is 4.99 Å². The zero-order valence-corrected chi connectivity index (χ0v) is 6.68. The summed E-state index contributed by atoms with van der Waals surface area (Å²) in [5.74, 6) is 3.28. The summed E-state index contributed by atoms with van der Waals surface area (Å²) in [5, 5.41) is 0. The molecule has 0 atom stereocenters. The van der Waals surface area contributed by atoms with Gasteiger partial charge in [0, 0.05) is 13.0 Å². The number of terminal acetylenes is 1. The Hall–Kier alpha value is -0.970. The van der Waals surface area contributed by atoms with Crippen molar-refractivity contribution in [3.05, 3.63) is 0 Å². The van der Waals surface area contributed by atoms with Gasteiger partial charge < -0.3 is 4.74 Å². The fraction of sp³-hybridized carbons (Fsp3) is 0.667. The minimum atomic E-state index is 0.360. The molecule has 0 spiro atoms. The first-order valence-corrected chi connectivity index (χ1v) is 4.03. The second kappa shape index (κ2) is 4.79. The van der Waals surface area contributed by atoms with Crippen molar-refractivity contribution in [2.45, 2.75) is 25.7 Å². The molecule has 0 saturated heterocycles. The van der Waals surface area contributed by atoms with Crippen LogP contribution in [0.3, 0.4) is 0 Å². The van der Waals surface area contributed by atoms with Crippen LogP contribution in [0.25, 0.3) is 0 Å². The molecule has 2 nitrogen and oxygen atoms in total. The molecule has 0 bridgehead atoms. The molecule has 11 heavy (non-hydrogen) atoms. The first kappa shape index (κ1) is 8.13. The highest BCUT2D eigenvalue weighted by Gasteiger charge is 2.03. The zero-order valence-electron chi connectivity index (χ0n) is 6.68. The molecular weight excluding hydrogens is 138 g/mol. The van der Waals surface area contributed by atoms with Crippen LogP contribution in [-0.4, -0.2) is 19.0 Å². The number of rotatable bonds is 1. The Bertz CT molecular complexity index is 178. The van der Waals surface area contributed by atoms with E-state index in [0.717, 1.165) is 18.9 Å². The van der Waals surface area contributed by atoms with Crippen molar-refractivity contribution in [3.63, 3.8) is 0 Å². The van der Waals surface area contributed by atoms with E-state index in [4.69, 9.17) is 11.2 Å². The van der Waals surface area contributed by atoms with Crippen LogP contribution in [0.1, 0.15) is 25.7 Å². The molecule has 1 rings (SSSR count). The summed E-state index contributed by atoms with van der Waals surface area (Å²) in [6, 6.07) is 0. The Labute approximate surface area is 67.7 Å². The van der Waals surface area contributed by atoms with Crippen LogP contribution in [0.5, 0.6) is 0 Å². The largest absolute Gasteiger partial charge is 0.468 e. The maximum atomic E-state index is 5.23. The summed E-state index contributed by atoms with van der Waals surface area (Å²) in [7, 11) is 0. The van der Waals surface area contributed by atoms with Gasteiger partial charge in [-0.2, -0.15) is 0 Å². The van der Waals surface area contributed by atoms with E-state index in [-0.39, 0.29) is 0 Å². The predicted molar refractivity (Wildman–Crippen MR) is 45.6 cm³/mol. The van der Waals surface area contributed by atoms with E-state index in [1.807, 2.05) is 0 Å². The summed E-state index contributed by atoms with van der Waals surface area (Å²) in [6.45, 7) is 1.26. The molecule has 0 N–H and O–H groups in total. The van der Waals surface area contributed by atoms with Gasteiger partial charge >= 0.3 is 0 Å². The van der Waals surface area contributed by atoms with Crippen LogP contribution >= 0.6 is 0 Å². The third-order valence-electron chi connectivity index (χ3n) is 1.66. The summed E-state index contributed by atoms with van der Waals surface area (Å²) in [5.41, 5.74) is 0. The van der Waals surface area contributed by atoms with Gasteiger partial charge in [-0.25, -0.2) is 0 Å². The average molecular weight is 151 g/mol. The fourth-order valence-corrected chi connectivity index (χ4v) is 1.09. The molecule has 0 aromatic carbocycles. The van der Waals surface area contributed by atoms with E-state index in [1.165, 1.54) is 19.3 Å². The molecule has 1 aliphatic rings. The Morgan fingerprint density at radius 3 is 3.18 bits per heavy atom. The maximum Gasteiger partial charge on any atom is 0.184 e. The molecule has 0 radical (unpaired) electrons. The number of aliphatic imine (C=N–C) groups is 1. The highest BCUT2D eigenvalue weighted by atomic mass is 16.5. The van der Waals surface area contributed by atoms with E-state index in [9.17, 15) is 0 Å². The van der Waals surface area contributed by atoms with E-state index in [2.05, 4.69) is 10.9 Å². The van der Waals surface area contributed by atoms with Gasteiger partial charge in [-0.1, -0.05) is 12.3 Å². The quantitative estimate of drug-likeness (QED) is 0.522. The van der Waals surface area contributed by atoms with E-state index in [0.29, 0.717) is 6.61 Å². The minimum absolute atomic E-state index is 0.360. The normalized spacial score (nSPS) is 17.9. The first-order valence-electron chi connectivity index (χ1n) is 4.03. The van der Waals surface area contributed by atoms with Gasteiger partial charge in [0.1, 0.15) is 6.61 Å². The number of hydrogen-bond donors (Lipinski definition) is 0.